The minimum Gasteiger partial charge on any atom is -0.497 e. The van der Waals surface area contributed by atoms with Gasteiger partial charge in [-0.15, -0.1) is 0 Å². The summed E-state index contributed by atoms with van der Waals surface area (Å²) in [6.45, 7) is 1.77. The van der Waals surface area contributed by atoms with Crippen molar-refractivity contribution in [3.63, 3.8) is 0 Å². The number of carbonyl (C=O) groups is 1. The minimum absolute atomic E-state index is 0.310. The summed E-state index contributed by atoms with van der Waals surface area (Å²) in [5.74, 6) is 0.109. The molecule has 26 heavy (non-hydrogen) atoms. The van der Waals surface area contributed by atoms with Crippen LogP contribution in [0.5, 0.6) is 5.75 Å². The van der Waals surface area contributed by atoms with Gasteiger partial charge in [0.1, 0.15) is 11.8 Å². The quantitative estimate of drug-likeness (QED) is 0.712. The zero-order valence-electron chi connectivity index (χ0n) is 14.8. The van der Waals surface area contributed by atoms with Gasteiger partial charge in [-0.1, -0.05) is 35.0 Å². The first-order valence-electron chi connectivity index (χ1n) is 7.96. The van der Waals surface area contributed by atoms with E-state index in [-0.39, 0.29) is 0 Å². The van der Waals surface area contributed by atoms with E-state index in [0.717, 1.165) is 15.0 Å². The lowest BCUT2D eigenvalue weighted by Crippen LogP contribution is -2.47. The van der Waals surface area contributed by atoms with Crippen LogP contribution in [0.15, 0.2) is 53.0 Å². The third-order valence-electron chi connectivity index (χ3n) is 3.73. The first-order chi connectivity index (χ1) is 12.3. The van der Waals surface area contributed by atoms with Crippen LogP contribution in [0.1, 0.15) is 13.3 Å². The number of nitrogens with zero attached hydrogens (tertiary/aromatic N) is 1. The molecule has 0 aliphatic carbocycles. The Morgan fingerprint density at radius 3 is 2.50 bits per heavy atom. The van der Waals surface area contributed by atoms with Crippen molar-refractivity contribution in [3.8, 4) is 5.75 Å². The molecule has 8 heteroatoms. The second kappa shape index (κ2) is 8.55. The highest BCUT2D eigenvalue weighted by Crippen LogP contribution is 2.27. The number of halogens is 1. The highest BCUT2D eigenvalue weighted by molar-refractivity contribution is 9.10. The highest BCUT2D eigenvalue weighted by Gasteiger charge is 2.31. The molecule has 0 heterocycles. The molecular formula is C18H21BrN2O4S. The molecule has 2 rings (SSSR count). The number of carbonyl (C=O) groups excluding carboxylic acids is 1. The van der Waals surface area contributed by atoms with E-state index in [4.69, 9.17) is 4.74 Å². The number of nitrogens with one attached hydrogen (secondary N) is 1. The van der Waals surface area contributed by atoms with Crippen molar-refractivity contribution < 1.29 is 17.9 Å². The average molecular weight is 441 g/mol. The Hall–Kier alpha value is -2.06. The van der Waals surface area contributed by atoms with Gasteiger partial charge < -0.3 is 10.1 Å². The van der Waals surface area contributed by atoms with E-state index in [1.165, 1.54) is 7.11 Å². The third kappa shape index (κ3) is 4.98. The summed E-state index contributed by atoms with van der Waals surface area (Å²) >= 11 is 3.35. The molecule has 0 spiro atoms. The lowest BCUT2D eigenvalue weighted by atomic mass is 10.1. The van der Waals surface area contributed by atoms with Crippen molar-refractivity contribution in [2.75, 3.05) is 23.0 Å². The van der Waals surface area contributed by atoms with Crippen molar-refractivity contribution in [1.82, 2.24) is 0 Å². The molecule has 140 valence electrons. The number of benzene rings is 2. The molecule has 0 bridgehead atoms. The molecular weight excluding hydrogens is 420 g/mol. The van der Waals surface area contributed by atoms with Gasteiger partial charge in [0.25, 0.3) is 0 Å². The number of hydrogen-bond acceptors (Lipinski definition) is 4. The van der Waals surface area contributed by atoms with Gasteiger partial charge in [0.2, 0.25) is 15.9 Å². The fraction of sp³-hybridized carbons (Fsp3) is 0.278. The predicted molar refractivity (Wildman–Crippen MR) is 107 cm³/mol. The molecule has 0 unspecified atom stereocenters. The van der Waals surface area contributed by atoms with Crippen molar-refractivity contribution in [3.05, 3.63) is 53.0 Å². The van der Waals surface area contributed by atoms with Gasteiger partial charge in [-0.2, -0.15) is 0 Å². The van der Waals surface area contributed by atoms with Gasteiger partial charge in [0.15, 0.2) is 0 Å². The van der Waals surface area contributed by atoms with Crippen LogP contribution in [0.4, 0.5) is 11.4 Å². The van der Waals surface area contributed by atoms with E-state index in [1.807, 2.05) is 6.07 Å². The van der Waals surface area contributed by atoms with E-state index in [1.54, 1.807) is 49.4 Å². The molecule has 2 aromatic carbocycles. The smallest absolute Gasteiger partial charge is 0.248 e. The van der Waals surface area contributed by atoms with Crippen molar-refractivity contribution in [2.24, 2.45) is 0 Å². The molecule has 0 fully saturated rings. The Morgan fingerprint density at radius 2 is 1.92 bits per heavy atom. The van der Waals surface area contributed by atoms with Gasteiger partial charge in [-0.05, 0) is 36.8 Å². The Kier molecular flexibility index (Phi) is 6.66. The number of hydrogen-bond donors (Lipinski definition) is 1. The van der Waals surface area contributed by atoms with E-state index < -0.39 is 22.0 Å². The molecule has 0 saturated heterocycles. The van der Waals surface area contributed by atoms with E-state index >= 15 is 0 Å². The third-order valence-corrected chi connectivity index (χ3v) is 5.40. The monoisotopic (exact) mass is 440 g/mol. The summed E-state index contributed by atoms with van der Waals surface area (Å²) in [7, 11) is -2.19. The Morgan fingerprint density at radius 1 is 1.23 bits per heavy atom. The molecule has 6 nitrogen and oxygen atoms in total. The van der Waals surface area contributed by atoms with Gasteiger partial charge >= 0.3 is 0 Å². The Balaban J connectivity index is 2.39. The molecule has 0 radical (unpaired) electrons. The van der Waals surface area contributed by atoms with Gasteiger partial charge in [0, 0.05) is 16.2 Å². The fourth-order valence-corrected chi connectivity index (χ4v) is 4.20. The maximum atomic E-state index is 12.8. The Bertz CT molecular complexity index is 886. The Labute approximate surface area is 162 Å². The highest BCUT2D eigenvalue weighted by atomic mass is 79.9. The lowest BCUT2D eigenvalue weighted by molar-refractivity contribution is -0.117. The van der Waals surface area contributed by atoms with E-state index in [0.29, 0.717) is 23.5 Å². The van der Waals surface area contributed by atoms with Gasteiger partial charge in [-0.3, -0.25) is 9.10 Å². The first kappa shape index (κ1) is 20.3. The summed E-state index contributed by atoms with van der Waals surface area (Å²) in [5, 5.41) is 2.78. The fourth-order valence-electron chi connectivity index (χ4n) is 2.60. The van der Waals surface area contributed by atoms with Crippen LogP contribution in [-0.2, 0) is 14.8 Å². The second-order valence-electron chi connectivity index (χ2n) is 5.68. The van der Waals surface area contributed by atoms with Crippen LogP contribution >= 0.6 is 15.9 Å². The predicted octanol–water partition coefficient (Wildman–Crippen LogP) is 3.64. The zero-order valence-corrected chi connectivity index (χ0v) is 17.2. The lowest BCUT2D eigenvalue weighted by Gasteiger charge is -2.30. The summed E-state index contributed by atoms with van der Waals surface area (Å²) in [4.78, 5) is 12.8. The SMILES string of the molecule is CC[C@@H](C(=O)Nc1cccc(Br)c1)N(c1cccc(OC)c1)S(C)(=O)=O. The maximum absolute atomic E-state index is 12.8. The molecule has 0 aromatic heterocycles. The van der Waals surface area contributed by atoms with Crippen molar-refractivity contribution in [2.45, 2.75) is 19.4 Å². The number of methoxy groups -OCH3 is 1. The van der Waals surface area contributed by atoms with Gasteiger partial charge in [-0.25, -0.2) is 8.42 Å². The van der Waals surface area contributed by atoms with Crippen LogP contribution < -0.4 is 14.4 Å². The first-order valence-corrected chi connectivity index (χ1v) is 10.6. The van der Waals surface area contributed by atoms with Crippen molar-refractivity contribution in [1.29, 1.82) is 0 Å². The zero-order chi connectivity index (χ0) is 19.3. The summed E-state index contributed by atoms with van der Waals surface area (Å²) in [6.07, 6.45) is 1.39. The van der Waals surface area contributed by atoms with E-state index in [2.05, 4.69) is 21.2 Å². The van der Waals surface area contributed by atoms with Gasteiger partial charge in [0.05, 0.1) is 19.1 Å². The average Bonchev–Trinajstić information content (AvgIpc) is 2.58. The number of ether oxygens (including phenoxy) is 1. The van der Waals surface area contributed by atoms with Crippen LogP contribution in [0.2, 0.25) is 0 Å². The molecule has 2 aromatic rings. The largest absolute Gasteiger partial charge is 0.497 e. The summed E-state index contributed by atoms with van der Waals surface area (Å²) < 4.78 is 32.0. The number of sulfonamides is 1. The molecule has 0 aliphatic rings. The van der Waals surface area contributed by atoms with Crippen LogP contribution in [-0.4, -0.2) is 33.7 Å². The molecule has 0 saturated carbocycles. The number of anilines is 2. The molecule has 1 N–H and O–H groups in total. The standard InChI is InChI=1S/C18H21BrN2O4S/c1-4-17(18(22)20-14-8-5-7-13(19)11-14)21(26(3,23)24)15-9-6-10-16(12-15)25-2/h5-12,17H,4H2,1-3H3,(H,20,22)/t17-/m0/s1. The summed E-state index contributed by atoms with van der Waals surface area (Å²) in [6, 6.07) is 12.9. The molecule has 0 aliphatic heterocycles. The minimum atomic E-state index is -3.69. The summed E-state index contributed by atoms with van der Waals surface area (Å²) in [5.41, 5.74) is 0.963. The maximum Gasteiger partial charge on any atom is 0.248 e. The number of amides is 1. The molecule has 1 atom stereocenters. The normalized spacial score (nSPS) is 12.3. The van der Waals surface area contributed by atoms with Crippen LogP contribution in [0, 0.1) is 0 Å². The second-order valence-corrected chi connectivity index (χ2v) is 8.46. The number of rotatable bonds is 7. The molecule has 1 amide bonds. The van der Waals surface area contributed by atoms with Crippen LogP contribution in [0.3, 0.4) is 0 Å². The topological polar surface area (TPSA) is 75.7 Å². The van der Waals surface area contributed by atoms with E-state index in [9.17, 15) is 13.2 Å². The van der Waals surface area contributed by atoms with Crippen molar-refractivity contribution >= 4 is 43.2 Å². The van der Waals surface area contributed by atoms with Crippen LogP contribution in [0.25, 0.3) is 0 Å².